The van der Waals surface area contributed by atoms with Crippen molar-refractivity contribution in [1.82, 2.24) is 4.98 Å². The number of methoxy groups -OCH3 is 3. The van der Waals surface area contributed by atoms with Crippen LogP contribution in [0.4, 0.5) is 0 Å². The number of carbonyl (C=O) groups is 1. The van der Waals surface area contributed by atoms with Crippen molar-refractivity contribution < 1.29 is 28.2 Å². The summed E-state index contributed by atoms with van der Waals surface area (Å²) in [6, 6.07) is 8.04. The molecule has 0 aliphatic rings. The highest BCUT2D eigenvalue weighted by Gasteiger charge is 2.18. The van der Waals surface area contributed by atoms with Gasteiger partial charge in [0, 0.05) is 13.0 Å². The van der Waals surface area contributed by atoms with Crippen LogP contribution in [0.1, 0.15) is 16.2 Å². The molecule has 2 aromatic carbocycles. The average molecular weight is 343 g/mol. The molecule has 7 nitrogen and oxygen atoms in total. The van der Waals surface area contributed by atoms with Crippen molar-refractivity contribution in [2.45, 2.75) is 6.92 Å². The van der Waals surface area contributed by atoms with Gasteiger partial charge in [0.05, 0.1) is 26.9 Å². The molecular formula is C18H17NO6. The number of hydrogen-bond acceptors (Lipinski definition) is 7. The number of benzene rings is 2. The van der Waals surface area contributed by atoms with Crippen LogP contribution in [-0.4, -0.2) is 32.3 Å². The number of hydrogen-bond donors (Lipinski definition) is 0. The lowest BCUT2D eigenvalue weighted by Gasteiger charge is -2.13. The van der Waals surface area contributed by atoms with Crippen LogP contribution >= 0.6 is 0 Å². The van der Waals surface area contributed by atoms with Gasteiger partial charge in [-0.3, -0.25) is 0 Å². The van der Waals surface area contributed by atoms with E-state index in [1.807, 2.05) is 0 Å². The summed E-state index contributed by atoms with van der Waals surface area (Å²) in [4.78, 5) is 16.7. The molecule has 25 heavy (non-hydrogen) atoms. The van der Waals surface area contributed by atoms with Gasteiger partial charge in [0.2, 0.25) is 5.75 Å². The van der Waals surface area contributed by atoms with Gasteiger partial charge in [0.1, 0.15) is 11.3 Å². The van der Waals surface area contributed by atoms with Gasteiger partial charge in [-0.15, -0.1) is 0 Å². The summed E-state index contributed by atoms with van der Waals surface area (Å²) < 4.78 is 26.5. The molecule has 0 saturated heterocycles. The van der Waals surface area contributed by atoms with E-state index in [2.05, 4.69) is 4.98 Å². The molecule has 0 spiro atoms. The number of oxazole rings is 1. The molecule has 0 N–H and O–H groups in total. The second kappa shape index (κ2) is 6.72. The van der Waals surface area contributed by atoms with Gasteiger partial charge in [0.25, 0.3) is 0 Å². The molecule has 0 aliphatic heterocycles. The van der Waals surface area contributed by atoms with Gasteiger partial charge in [-0.1, -0.05) is 0 Å². The SMILES string of the molecule is COc1cc(C(=O)Oc2ccc3oc(C)nc3c2)cc(OC)c1OC. The van der Waals surface area contributed by atoms with Crippen molar-refractivity contribution in [3.05, 3.63) is 41.8 Å². The lowest BCUT2D eigenvalue weighted by atomic mass is 10.2. The largest absolute Gasteiger partial charge is 0.493 e. The van der Waals surface area contributed by atoms with Crippen molar-refractivity contribution >= 4 is 17.1 Å². The van der Waals surface area contributed by atoms with Gasteiger partial charge in [0.15, 0.2) is 23.0 Å². The molecular weight excluding hydrogens is 326 g/mol. The first-order valence-corrected chi connectivity index (χ1v) is 7.45. The van der Waals surface area contributed by atoms with Crippen LogP contribution in [0.15, 0.2) is 34.7 Å². The van der Waals surface area contributed by atoms with Crippen molar-refractivity contribution in [3.63, 3.8) is 0 Å². The highest BCUT2D eigenvalue weighted by Crippen LogP contribution is 2.38. The molecule has 0 radical (unpaired) electrons. The molecule has 1 heterocycles. The molecule has 7 heteroatoms. The molecule has 130 valence electrons. The Labute approximate surface area is 144 Å². The van der Waals surface area contributed by atoms with Gasteiger partial charge in [-0.25, -0.2) is 9.78 Å². The Morgan fingerprint density at radius 2 is 1.68 bits per heavy atom. The quantitative estimate of drug-likeness (QED) is 0.519. The molecule has 3 aromatic rings. The molecule has 1 aromatic heterocycles. The van der Waals surface area contributed by atoms with Crippen LogP contribution in [0.3, 0.4) is 0 Å². The minimum absolute atomic E-state index is 0.269. The standard InChI is InChI=1S/C18H17NO6/c1-10-19-13-9-12(5-6-14(13)24-10)25-18(20)11-7-15(21-2)17(23-4)16(8-11)22-3/h5-9H,1-4H3. The summed E-state index contributed by atoms with van der Waals surface area (Å²) >= 11 is 0. The molecule has 0 aliphatic carbocycles. The topological polar surface area (TPSA) is 80.0 Å². The first kappa shape index (κ1) is 16.6. The number of carbonyl (C=O) groups excluding carboxylic acids is 1. The molecule has 0 fully saturated rings. The third-order valence-electron chi connectivity index (χ3n) is 3.58. The first-order chi connectivity index (χ1) is 12.0. The molecule has 0 amide bonds. The number of fused-ring (bicyclic) bond motifs is 1. The van der Waals surface area contributed by atoms with Gasteiger partial charge in [-0.05, 0) is 24.3 Å². The average Bonchev–Trinajstić information content (AvgIpc) is 2.99. The number of aromatic nitrogens is 1. The van der Waals surface area contributed by atoms with Crippen molar-refractivity contribution in [3.8, 4) is 23.0 Å². The van der Waals surface area contributed by atoms with Gasteiger partial charge in [-0.2, -0.15) is 0 Å². The number of rotatable bonds is 5. The maximum Gasteiger partial charge on any atom is 0.343 e. The van der Waals surface area contributed by atoms with E-state index in [9.17, 15) is 4.79 Å². The monoisotopic (exact) mass is 343 g/mol. The Kier molecular flexibility index (Phi) is 4.47. The summed E-state index contributed by atoms with van der Waals surface area (Å²) in [5.74, 6) is 1.50. The van der Waals surface area contributed by atoms with E-state index in [0.29, 0.717) is 40.0 Å². The fourth-order valence-corrected chi connectivity index (χ4v) is 2.45. The third kappa shape index (κ3) is 3.21. The lowest BCUT2D eigenvalue weighted by molar-refractivity contribution is 0.0734. The fraction of sp³-hybridized carbons (Fsp3) is 0.222. The van der Waals surface area contributed by atoms with Crippen molar-refractivity contribution in [2.75, 3.05) is 21.3 Å². The summed E-state index contributed by atoms with van der Waals surface area (Å²) in [6.07, 6.45) is 0. The third-order valence-corrected chi connectivity index (χ3v) is 3.58. The van der Waals surface area contributed by atoms with Crippen LogP contribution in [0.5, 0.6) is 23.0 Å². The summed E-state index contributed by atoms with van der Waals surface area (Å²) in [5.41, 5.74) is 1.52. The van der Waals surface area contributed by atoms with E-state index >= 15 is 0 Å². The first-order valence-electron chi connectivity index (χ1n) is 7.45. The van der Waals surface area contributed by atoms with Crippen LogP contribution in [0, 0.1) is 6.92 Å². The Balaban J connectivity index is 1.91. The number of ether oxygens (including phenoxy) is 4. The minimum Gasteiger partial charge on any atom is -0.493 e. The van der Waals surface area contributed by atoms with Crippen molar-refractivity contribution in [1.29, 1.82) is 0 Å². The van der Waals surface area contributed by atoms with E-state index < -0.39 is 5.97 Å². The van der Waals surface area contributed by atoms with Crippen LogP contribution in [0.25, 0.3) is 11.1 Å². The second-order valence-corrected chi connectivity index (χ2v) is 5.17. The van der Waals surface area contributed by atoms with Crippen molar-refractivity contribution in [2.24, 2.45) is 0 Å². The van der Waals surface area contributed by atoms with E-state index in [0.717, 1.165) is 0 Å². The number of esters is 1. The van der Waals surface area contributed by atoms with E-state index in [4.69, 9.17) is 23.4 Å². The van der Waals surface area contributed by atoms with E-state index in [1.54, 1.807) is 25.1 Å². The smallest absolute Gasteiger partial charge is 0.343 e. The molecule has 0 saturated carbocycles. The van der Waals surface area contributed by atoms with E-state index in [-0.39, 0.29) is 5.56 Å². The zero-order valence-electron chi connectivity index (χ0n) is 14.3. The predicted octanol–water partition coefficient (Wildman–Crippen LogP) is 3.38. The molecule has 0 atom stereocenters. The summed E-state index contributed by atoms with van der Waals surface area (Å²) in [7, 11) is 4.45. The van der Waals surface area contributed by atoms with Crippen LogP contribution in [0.2, 0.25) is 0 Å². The highest BCUT2D eigenvalue weighted by molar-refractivity contribution is 5.93. The Hall–Kier alpha value is -3.22. The normalized spacial score (nSPS) is 10.6. The van der Waals surface area contributed by atoms with Crippen LogP contribution in [-0.2, 0) is 0 Å². The zero-order chi connectivity index (χ0) is 18.0. The minimum atomic E-state index is -0.557. The summed E-state index contributed by atoms with van der Waals surface area (Å²) in [6.45, 7) is 1.75. The lowest BCUT2D eigenvalue weighted by Crippen LogP contribution is -2.09. The molecule has 0 unspecified atom stereocenters. The highest BCUT2D eigenvalue weighted by atomic mass is 16.5. The zero-order valence-corrected chi connectivity index (χ0v) is 14.3. The van der Waals surface area contributed by atoms with Gasteiger partial charge < -0.3 is 23.4 Å². The van der Waals surface area contributed by atoms with Gasteiger partial charge >= 0.3 is 5.97 Å². The predicted molar refractivity (Wildman–Crippen MR) is 89.8 cm³/mol. The second-order valence-electron chi connectivity index (χ2n) is 5.17. The Bertz CT molecular complexity index is 905. The number of aryl methyl sites for hydroxylation is 1. The Morgan fingerprint density at radius 1 is 1.00 bits per heavy atom. The maximum atomic E-state index is 12.5. The molecule has 3 rings (SSSR count). The summed E-state index contributed by atoms with van der Waals surface area (Å²) in [5, 5.41) is 0. The Morgan fingerprint density at radius 3 is 2.28 bits per heavy atom. The van der Waals surface area contributed by atoms with Crippen LogP contribution < -0.4 is 18.9 Å². The number of nitrogens with zero attached hydrogens (tertiary/aromatic N) is 1. The van der Waals surface area contributed by atoms with E-state index in [1.165, 1.54) is 33.5 Å². The maximum absolute atomic E-state index is 12.5. The fourth-order valence-electron chi connectivity index (χ4n) is 2.45. The molecule has 0 bridgehead atoms.